The van der Waals surface area contributed by atoms with Crippen molar-refractivity contribution in [1.82, 2.24) is 4.90 Å². The highest BCUT2D eigenvalue weighted by atomic mass is 35.5. The average molecular weight is 329 g/mol. The third kappa shape index (κ3) is 3.63. The van der Waals surface area contributed by atoms with Crippen LogP contribution in [0.3, 0.4) is 0 Å². The summed E-state index contributed by atoms with van der Waals surface area (Å²) in [4.78, 5) is 24.9. The second-order valence-corrected chi connectivity index (χ2v) is 6.61. The first-order valence-electron chi connectivity index (χ1n) is 6.35. The number of benzene rings is 1. The molecule has 21 heavy (non-hydrogen) atoms. The first-order chi connectivity index (χ1) is 9.81. The van der Waals surface area contributed by atoms with Crippen LogP contribution in [0, 0.1) is 0 Å². The van der Waals surface area contributed by atoms with Gasteiger partial charge < -0.3 is 19.5 Å². The third-order valence-corrected chi connectivity index (χ3v) is 4.38. The molecule has 0 spiro atoms. The molecule has 0 radical (unpaired) electrons. The van der Waals surface area contributed by atoms with Crippen molar-refractivity contribution in [1.29, 1.82) is 0 Å². The van der Waals surface area contributed by atoms with E-state index in [0.29, 0.717) is 22.4 Å². The fraction of sp³-hybridized carbons (Fsp3) is 0.429. The maximum Gasteiger partial charge on any atom is 0.267 e. The number of amides is 1. The summed E-state index contributed by atoms with van der Waals surface area (Å²) in [5, 5.41) is 11.6. The molecule has 2 rings (SSSR count). The van der Waals surface area contributed by atoms with E-state index in [1.54, 1.807) is 38.1 Å². The number of carboxylic acid groups (broad SMARTS) is 1. The Bertz CT molecular complexity index is 546. The maximum atomic E-state index is 12.5. The van der Waals surface area contributed by atoms with E-state index < -0.39 is 17.6 Å². The van der Waals surface area contributed by atoms with Crippen molar-refractivity contribution >= 4 is 35.2 Å². The van der Waals surface area contributed by atoms with Crippen molar-refractivity contribution in [3.63, 3.8) is 0 Å². The fourth-order valence-corrected chi connectivity index (χ4v) is 3.29. The minimum absolute atomic E-state index is 0.324. The molecule has 1 amide bonds. The fourth-order valence-electron chi connectivity index (χ4n) is 2.02. The van der Waals surface area contributed by atoms with E-state index in [4.69, 9.17) is 16.3 Å². The molecule has 1 aliphatic heterocycles. The monoisotopic (exact) mass is 328 g/mol. The number of hydrogen-bond acceptors (Lipinski definition) is 5. The molecule has 0 unspecified atom stereocenters. The lowest BCUT2D eigenvalue weighted by atomic mass is 10.1. The highest BCUT2D eigenvalue weighted by Crippen LogP contribution is 2.27. The summed E-state index contributed by atoms with van der Waals surface area (Å²) in [5.74, 6) is -0.461. The third-order valence-electron chi connectivity index (χ3n) is 3.12. The van der Waals surface area contributed by atoms with Gasteiger partial charge in [-0.1, -0.05) is 11.6 Å². The largest absolute Gasteiger partial charge is 0.548 e. The van der Waals surface area contributed by atoms with Crippen molar-refractivity contribution in [3.05, 3.63) is 29.3 Å². The predicted octanol–water partition coefficient (Wildman–Crippen LogP) is 1.15. The van der Waals surface area contributed by atoms with E-state index in [1.165, 1.54) is 16.7 Å². The summed E-state index contributed by atoms with van der Waals surface area (Å²) in [6.07, 6.45) is 0. The highest BCUT2D eigenvalue weighted by molar-refractivity contribution is 7.99. The molecule has 1 aromatic rings. The Morgan fingerprint density at radius 1 is 1.38 bits per heavy atom. The summed E-state index contributed by atoms with van der Waals surface area (Å²) >= 11 is 7.18. The number of carbonyl (C=O) groups excluding carboxylic acids is 2. The minimum atomic E-state index is -1.24. The van der Waals surface area contributed by atoms with Gasteiger partial charge in [0.1, 0.15) is 5.75 Å². The van der Waals surface area contributed by atoms with Gasteiger partial charge in [0.15, 0.2) is 5.60 Å². The van der Waals surface area contributed by atoms with Crippen LogP contribution in [0.1, 0.15) is 13.8 Å². The number of halogens is 1. The molecule has 1 aliphatic rings. The van der Waals surface area contributed by atoms with Crippen LogP contribution in [0.4, 0.5) is 0 Å². The number of thioether (sulfide) groups is 1. The molecular weight excluding hydrogens is 314 g/mol. The molecular formula is C14H15ClNO4S-. The van der Waals surface area contributed by atoms with Gasteiger partial charge >= 0.3 is 0 Å². The molecule has 1 atom stereocenters. The van der Waals surface area contributed by atoms with Crippen LogP contribution >= 0.6 is 23.4 Å². The van der Waals surface area contributed by atoms with Gasteiger partial charge in [0.05, 0.1) is 17.9 Å². The highest BCUT2D eigenvalue weighted by Gasteiger charge is 2.40. The van der Waals surface area contributed by atoms with Gasteiger partial charge in [-0.25, -0.2) is 0 Å². The van der Waals surface area contributed by atoms with Crippen LogP contribution in [0.2, 0.25) is 5.02 Å². The Morgan fingerprint density at radius 3 is 2.57 bits per heavy atom. The van der Waals surface area contributed by atoms with Gasteiger partial charge in [-0.3, -0.25) is 4.79 Å². The second-order valence-electron chi connectivity index (χ2n) is 5.18. The van der Waals surface area contributed by atoms with Gasteiger partial charge in [0, 0.05) is 10.8 Å². The summed E-state index contributed by atoms with van der Waals surface area (Å²) in [6, 6.07) is 5.73. The molecule has 0 N–H and O–H groups in total. The van der Waals surface area contributed by atoms with Gasteiger partial charge in [-0.05, 0) is 38.1 Å². The van der Waals surface area contributed by atoms with Gasteiger partial charge in [-0.2, -0.15) is 0 Å². The zero-order valence-corrected chi connectivity index (χ0v) is 13.2. The van der Waals surface area contributed by atoms with Crippen LogP contribution < -0.4 is 9.84 Å². The Labute approximate surface area is 132 Å². The van der Waals surface area contributed by atoms with Crippen LogP contribution in [0.25, 0.3) is 0 Å². The first-order valence-corrected chi connectivity index (χ1v) is 7.89. The summed E-state index contributed by atoms with van der Waals surface area (Å²) in [7, 11) is 0. The molecule has 7 heteroatoms. The molecule has 0 bridgehead atoms. The number of nitrogens with zero attached hydrogens (tertiary/aromatic N) is 1. The molecule has 5 nitrogen and oxygen atoms in total. The van der Waals surface area contributed by atoms with Crippen molar-refractivity contribution in [2.75, 3.05) is 11.6 Å². The molecule has 1 heterocycles. The van der Waals surface area contributed by atoms with Crippen LogP contribution in [-0.2, 0) is 9.59 Å². The lowest BCUT2D eigenvalue weighted by molar-refractivity contribution is -0.310. The van der Waals surface area contributed by atoms with Crippen molar-refractivity contribution in [3.8, 4) is 5.75 Å². The zero-order valence-electron chi connectivity index (χ0n) is 11.7. The number of carbonyl (C=O) groups is 2. The van der Waals surface area contributed by atoms with E-state index in [2.05, 4.69) is 0 Å². The second kappa shape index (κ2) is 6.15. The van der Waals surface area contributed by atoms with E-state index in [9.17, 15) is 14.7 Å². The Kier molecular flexibility index (Phi) is 4.68. The molecule has 114 valence electrons. The first kappa shape index (κ1) is 16.0. The van der Waals surface area contributed by atoms with E-state index in [-0.39, 0.29) is 5.91 Å². The quantitative estimate of drug-likeness (QED) is 0.829. The normalized spacial score (nSPS) is 18.6. The number of hydrogen-bond donors (Lipinski definition) is 0. The maximum absolute atomic E-state index is 12.5. The van der Waals surface area contributed by atoms with Crippen molar-refractivity contribution in [2.45, 2.75) is 25.5 Å². The van der Waals surface area contributed by atoms with Crippen molar-refractivity contribution in [2.24, 2.45) is 0 Å². The number of rotatable bonds is 4. The SMILES string of the molecule is CC(C)(Oc1ccc(Cl)cc1)C(=O)N1CSC[C@@H]1C(=O)[O-]. The number of ether oxygens (including phenoxy) is 1. The number of aliphatic carboxylic acids is 1. The molecule has 1 saturated heterocycles. The van der Waals surface area contributed by atoms with Gasteiger partial charge in [-0.15, -0.1) is 11.8 Å². The lowest BCUT2D eigenvalue weighted by Crippen LogP contribution is -2.55. The van der Waals surface area contributed by atoms with E-state index >= 15 is 0 Å². The van der Waals surface area contributed by atoms with Crippen LogP contribution in [0.15, 0.2) is 24.3 Å². The zero-order chi connectivity index (χ0) is 15.6. The molecule has 0 aromatic heterocycles. The lowest BCUT2D eigenvalue weighted by Gasteiger charge is -2.33. The van der Waals surface area contributed by atoms with Crippen LogP contribution in [-0.4, -0.2) is 40.0 Å². The Hall–Kier alpha value is -1.40. The molecule has 0 saturated carbocycles. The van der Waals surface area contributed by atoms with Crippen LogP contribution in [0.5, 0.6) is 5.75 Å². The smallest absolute Gasteiger partial charge is 0.267 e. The summed E-state index contributed by atoms with van der Waals surface area (Å²) in [5.41, 5.74) is -1.17. The molecule has 1 aromatic carbocycles. The predicted molar refractivity (Wildman–Crippen MR) is 79.1 cm³/mol. The molecule has 0 aliphatic carbocycles. The number of carboxylic acids is 1. The van der Waals surface area contributed by atoms with E-state index in [0.717, 1.165) is 0 Å². The van der Waals surface area contributed by atoms with Gasteiger partial charge in [0.25, 0.3) is 5.91 Å². The van der Waals surface area contributed by atoms with Gasteiger partial charge in [0.2, 0.25) is 0 Å². The Morgan fingerprint density at radius 2 is 2.00 bits per heavy atom. The molecule has 1 fully saturated rings. The average Bonchev–Trinajstić information content (AvgIpc) is 2.89. The van der Waals surface area contributed by atoms with Crippen molar-refractivity contribution < 1.29 is 19.4 Å². The summed E-state index contributed by atoms with van der Waals surface area (Å²) in [6.45, 7) is 3.22. The topological polar surface area (TPSA) is 69.7 Å². The summed E-state index contributed by atoms with van der Waals surface area (Å²) < 4.78 is 5.69. The Balaban J connectivity index is 2.12. The minimum Gasteiger partial charge on any atom is -0.548 e. The standard InChI is InChI=1S/C14H16ClNO4S/c1-14(2,20-10-5-3-9(15)4-6-10)13(19)16-8-21-7-11(16)12(17)18/h3-6,11H,7-8H2,1-2H3,(H,17,18)/p-1/t11-/m1/s1. The van der Waals surface area contributed by atoms with E-state index in [1.807, 2.05) is 0 Å².